The first-order valence-electron chi connectivity index (χ1n) is 7.27. The first kappa shape index (κ1) is 12.6. The van der Waals surface area contributed by atoms with Crippen molar-refractivity contribution in [2.75, 3.05) is 13.2 Å². The lowest BCUT2D eigenvalue weighted by Gasteiger charge is -2.27. The monoisotopic (exact) mass is 251 g/mol. The van der Waals surface area contributed by atoms with Crippen LogP contribution >= 0.6 is 0 Å². The lowest BCUT2D eigenvalue weighted by atomic mass is 9.87. The number of rotatable bonds is 4. The van der Waals surface area contributed by atoms with Gasteiger partial charge in [-0.3, -0.25) is 0 Å². The Bertz CT molecular complexity index is 339. The minimum absolute atomic E-state index is 0.205. The van der Waals surface area contributed by atoms with E-state index in [0.717, 1.165) is 24.3 Å². The van der Waals surface area contributed by atoms with Gasteiger partial charge in [0.2, 0.25) is 0 Å². The van der Waals surface area contributed by atoms with Crippen molar-refractivity contribution in [3.63, 3.8) is 0 Å². The molecule has 5 atom stereocenters. The Morgan fingerprint density at radius 1 is 1.33 bits per heavy atom. The van der Waals surface area contributed by atoms with Crippen molar-refractivity contribution in [1.29, 1.82) is 0 Å². The van der Waals surface area contributed by atoms with Crippen molar-refractivity contribution >= 4 is 0 Å². The Hall–Kier alpha value is -0.380. The van der Waals surface area contributed by atoms with Gasteiger partial charge in [0.25, 0.3) is 0 Å². The van der Waals surface area contributed by atoms with E-state index in [1.807, 2.05) is 13.8 Å². The summed E-state index contributed by atoms with van der Waals surface area (Å²) in [5.41, 5.74) is 0. The molecule has 2 aliphatic carbocycles. The van der Waals surface area contributed by atoms with E-state index >= 15 is 0 Å². The average molecular weight is 251 g/mol. The van der Waals surface area contributed by atoms with Crippen LogP contribution in [-0.4, -0.2) is 31.1 Å². The number of ether oxygens (including phenoxy) is 2. The van der Waals surface area contributed by atoms with E-state index in [1.165, 1.54) is 12.8 Å². The van der Waals surface area contributed by atoms with Crippen LogP contribution in [0, 0.1) is 17.8 Å². The first-order valence-corrected chi connectivity index (χ1v) is 7.27. The van der Waals surface area contributed by atoms with Crippen molar-refractivity contribution in [1.82, 2.24) is 5.32 Å². The molecular weight excluding hydrogens is 226 g/mol. The van der Waals surface area contributed by atoms with Gasteiger partial charge in [0.1, 0.15) is 0 Å². The molecule has 102 valence electrons. The van der Waals surface area contributed by atoms with Gasteiger partial charge in [0.05, 0.1) is 12.7 Å². The highest BCUT2D eigenvalue weighted by molar-refractivity contribution is 5.11. The van der Waals surface area contributed by atoms with Crippen LogP contribution < -0.4 is 5.32 Å². The van der Waals surface area contributed by atoms with E-state index in [2.05, 4.69) is 24.4 Å². The number of allylic oxidation sites excluding steroid dienone is 2. The third kappa shape index (κ3) is 2.49. The summed E-state index contributed by atoms with van der Waals surface area (Å²) in [4.78, 5) is 0. The van der Waals surface area contributed by atoms with Gasteiger partial charge in [-0.05, 0) is 51.4 Å². The van der Waals surface area contributed by atoms with Gasteiger partial charge in [0, 0.05) is 12.6 Å². The van der Waals surface area contributed by atoms with Crippen LogP contribution in [0.1, 0.15) is 33.6 Å². The zero-order valence-corrected chi connectivity index (χ0v) is 11.7. The fourth-order valence-electron chi connectivity index (χ4n) is 3.73. The number of nitrogens with one attached hydrogen (secondary N) is 1. The summed E-state index contributed by atoms with van der Waals surface area (Å²) in [5.74, 6) is 2.09. The molecule has 1 saturated carbocycles. The van der Waals surface area contributed by atoms with Gasteiger partial charge >= 0.3 is 0 Å². The lowest BCUT2D eigenvalue weighted by Crippen LogP contribution is -2.40. The normalized spacial score (nSPS) is 42.6. The summed E-state index contributed by atoms with van der Waals surface area (Å²) in [6.07, 6.45) is 7.78. The van der Waals surface area contributed by atoms with Crippen molar-refractivity contribution in [2.45, 2.75) is 51.5 Å². The molecule has 0 spiro atoms. The van der Waals surface area contributed by atoms with Crippen molar-refractivity contribution in [2.24, 2.45) is 17.8 Å². The maximum Gasteiger partial charge on any atom is 0.163 e. The summed E-state index contributed by atoms with van der Waals surface area (Å²) in [6.45, 7) is 7.90. The van der Waals surface area contributed by atoms with Crippen LogP contribution in [0.2, 0.25) is 0 Å². The third-order valence-corrected chi connectivity index (χ3v) is 4.71. The Labute approximate surface area is 110 Å². The highest BCUT2D eigenvalue weighted by atomic mass is 16.7. The summed E-state index contributed by atoms with van der Waals surface area (Å²) in [5, 5.41) is 3.65. The highest BCUT2D eigenvalue weighted by Gasteiger charge is 2.39. The summed E-state index contributed by atoms with van der Waals surface area (Å²) in [6, 6.07) is 0.581. The van der Waals surface area contributed by atoms with Crippen LogP contribution in [0.15, 0.2) is 12.2 Å². The summed E-state index contributed by atoms with van der Waals surface area (Å²) < 4.78 is 11.4. The predicted molar refractivity (Wildman–Crippen MR) is 71.2 cm³/mol. The third-order valence-electron chi connectivity index (χ3n) is 4.71. The van der Waals surface area contributed by atoms with Gasteiger partial charge in [-0.1, -0.05) is 12.2 Å². The molecular formula is C15H25NO2. The Balaban J connectivity index is 1.45. The van der Waals surface area contributed by atoms with E-state index < -0.39 is 5.79 Å². The molecule has 1 N–H and O–H groups in total. The second-order valence-electron chi connectivity index (χ2n) is 6.59. The zero-order chi connectivity index (χ0) is 12.8. The molecule has 0 radical (unpaired) electrons. The Morgan fingerprint density at radius 3 is 2.72 bits per heavy atom. The van der Waals surface area contributed by atoms with E-state index in [1.54, 1.807) is 0 Å². The van der Waals surface area contributed by atoms with E-state index in [4.69, 9.17) is 9.47 Å². The minimum Gasteiger partial charge on any atom is -0.348 e. The fraction of sp³-hybridized carbons (Fsp3) is 0.867. The quantitative estimate of drug-likeness (QED) is 0.778. The second-order valence-corrected chi connectivity index (χ2v) is 6.59. The minimum atomic E-state index is -0.398. The first-order chi connectivity index (χ1) is 8.53. The molecule has 0 aromatic carbocycles. The topological polar surface area (TPSA) is 30.5 Å². The van der Waals surface area contributed by atoms with Gasteiger partial charge in [-0.25, -0.2) is 0 Å². The molecule has 0 aromatic rings. The lowest BCUT2D eigenvalue weighted by molar-refractivity contribution is -0.138. The maximum absolute atomic E-state index is 5.83. The fourth-order valence-corrected chi connectivity index (χ4v) is 3.73. The Kier molecular flexibility index (Phi) is 3.25. The van der Waals surface area contributed by atoms with Crippen molar-refractivity contribution < 1.29 is 9.47 Å². The van der Waals surface area contributed by atoms with Crippen LogP contribution in [-0.2, 0) is 9.47 Å². The molecule has 5 unspecified atom stereocenters. The molecule has 0 amide bonds. The highest BCUT2D eigenvalue weighted by Crippen LogP contribution is 2.44. The second kappa shape index (κ2) is 4.62. The standard InChI is InChI=1S/C15H25NO2/c1-10(14-7-11-4-5-12(14)6-11)16-8-13-9-17-15(2,3)18-13/h4-5,10-14,16H,6-9H2,1-3H3. The molecule has 18 heavy (non-hydrogen) atoms. The largest absolute Gasteiger partial charge is 0.348 e. The molecule has 1 aliphatic heterocycles. The van der Waals surface area contributed by atoms with Crippen LogP contribution in [0.5, 0.6) is 0 Å². The van der Waals surface area contributed by atoms with Gasteiger partial charge in [0.15, 0.2) is 5.79 Å². The number of hydrogen-bond acceptors (Lipinski definition) is 3. The molecule has 2 bridgehead atoms. The predicted octanol–water partition coefficient (Wildman–Crippen LogP) is 2.33. The van der Waals surface area contributed by atoms with E-state index in [-0.39, 0.29) is 6.10 Å². The van der Waals surface area contributed by atoms with Gasteiger partial charge < -0.3 is 14.8 Å². The molecule has 3 heteroatoms. The summed E-state index contributed by atoms with van der Waals surface area (Å²) in [7, 11) is 0. The molecule has 1 saturated heterocycles. The van der Waals surface area contributed by atoms with Crippen molar-refractivity contribution in [3.8, 4) is 0 Å². The van der Waals surface area contributed by atoms with Crippen LogP contribution in [0.25, 0.3) is 0 Å². The average Bonchev–Trinajstić information content (AvgIpc) is 3.00. The van der Waals surface area contributed by atoms with Crippen LogP contribution in [0.3, 0.4) is 0 Å². The van der Waals surface area contributed by atoms with Crippen LogP contribution in [0.4, 0.5) is 0 Å². The van der Waals surface area contributed by atoms with Gasteiger partial charge in [-0.2, -0.15) is 0 Å². The molecule has 3 nitrogen and oxygen atoms in total. The van der Waals surface area contributed by atoms with E-state index in [9.17, 15) is 0 Å². The number of hydrogen-bond donors (Lipinski definition) is 1. The molecule has 0 aromatic heterocycles. The smallest absolute Gasteiger partial charge is 0.163 e. The SMILES string of the molecule is CC(NCC1COC(C)(C)O1)C1CC2C=CC1C2. The molecule has 3 aliphatic rings. The van der Waals surface area contributed by atoms with Gasteiger partial charge in [-0.15, -0.1) is 0 Å². The number of fused-ring (bicyclic) bond motifs is 2. The summed E-state index contributed by atoms with van der Waals surface area (Å²) >= 11 is 0. The zero-order valence-electron chi connectivity index (χ0n) is 11.7. The maximum atomic E-state index is 5.83. The van der Waals surface area contributed by atoms with Crippen molar-refractivity contribution in [3.05, 3.63) is 12.2 Å². The molecule has 2 fully saturated rings. The Morgan fingerprint density at radius 2 is 2.17 bits per heavy atom. The molecule has 1 heterocycles. The molecule has 3 rings (SSSR count). The van der Waals surface area contributed by atoms with E-state index in [0.29, 0.717) is 12.6 Å².